The van der Waals surface area contributed by atoms with E-state index in [1.807, 2.05) is 18.2 Å². The maximum absolute atomic E-state index is 12.0. The third-order valence-electron chi connectivity index (χ3n) is 3.95. The number of hydrogen-bond acceptors (Lipinski definition) is 5. The molecule has 0 bridgehead atoms. The summed E-state index contributed by atoms with van der Waals surface area (Å²) in [7, 11) is 0. The molecule has 0 unspecified atom stereocenters. The quantitative estimate of drug-likeness (QED) is 0.734. The lowest BCUT2D eigenvalue weighted by Gasteiger charge is -2.31. The van der Waals surface area contributed by atoms with Gasteiger partial charge in [-0.25, -0.2) is 4.79 Å². The van der Waals surface area contributed by atoms with Crippen molar-refractivity contribution in [3.8, 4) is 0 Å². The first-order valence-electron chi connectivity index (χ1n) is 8.50. The number of ether oxygens (including phenoxy) is 1. The number of nitrogens with zero attached hydrogens (tertiary/aromatic N) is 2. The molecule has 1 aliphatic rings. The molecule has 24 heavy (non-hydrogen) atoms. The van der Waals surface area contributed by atoms with Crippen LogP contribution in [0, 0.1) is 0 Å². The van der Waals surface area contributed by atoms with Gasteiger partial charge in [0, 0.05) is 44.8 Å². The van der Waals surface area contributed by atoms with Crippen molar-refractivity contribution in [3.05, 3.63) is 30.1 Å². The zero-order valence-corrected chi connectivity index (χ0v) is 14.2. The molecule has 132 valence electrons. The summed E-state index contributed by atoms with van der Waals surface area (Å²) in [6.07, 6.45) is 3.47. The van der Waals surface area contributed by atoms with E-state index in [1.54, 1.807) is 18.0 Å². The number of aromatic nitrogens is 1. The molecule has 0 radical (unpaired) electrons. The van der Waals surface area contributed by atoms with Crippen molar-refractivity contribution < 1.29 is 14.3 Å². The summed E-state index contributed by atoms with van der Waals surface area (Å²) in [4.78, 5) is 29.5. The van der Waals surface area contributed by atoms with Gasteiger partial charge in [-0.3, -0.25) is 9.78 Å². The number of carbonyl (C=O) groups excluding carboxylic acids is 2. The Hall–Kier alpha value is -2.15. The number of amides is 2. The van der Waals surface area contributed by atoms with Crippen LogP contribution in [0.15, 0.2) is 24.4 Å². The Balaban J connectivity index is 1.57. The molecular formula is C17H26N4O3. The highest BCUT2D eigenvalue weighted by molar-refractivity contribution is 5.76. The standard InChI is InChI=1S/C17H26N4O3/c1-2-24-17(23)21-11-7-14(8-12-21)20-16(22)6-10-18-13-15-5-3-4-9-19-15/h3-5,9,14,18H,2,6-8,10-13H2,1H3,(H,20,22). The number of likely N-dealkylation sites (tertiary alicyclic amines) is 1. The minimum absolute atomic E-state index is 0.0399. The Bertz CT molecular complexity index is 516. The second-order valence-electron chi connectivity index (χ2n) is 5.78. The summed E-state index contributed by atoms with van der Waals surface area (Å²) in [6, 6.07) is 5.91. The number of carbonyl (C=O) groups is 2. The van der Waals surface area contributed by atoms with Crippen LogP contribution in [-0.2, 0) is 16.1 Å². The summed E-state index contributed by atoms with van der Waals surface area (Å²) in [5.74, 6) is 0.0399. The minimum atomic E-state index is -0.263. The van der Waals surface area contributed by atoms with Crippen LogP contribution in [0.1, 0.15) is 31.9 Å². The van der Waals surface area contributed by atoms with Gasteiger partial charge in [0.05, 0.1) is 12.3 Å². The van der Waals surface area contributed by atoms with Crippen molar-refractivity contribution in [1.82, 2.24) is 20.5 Å². The van der Waals surface area contributed by atoms with Gasteiger partial charge in [0.2, 0.25) is 5.91 Å². The lowest BCUT2D eigenvalue weighted by atomic mass is 10.1. The molecule has 1 saturated heterocycles. The van der Waals surface area contributed by atoms with Gasteiger partial charge in [0.1, 0.15) is 0 Å². The van der Waals surface area contributed by atoms with E-state index < -0.39 is 0 Å². The molecule has 0 spiro atoms. The highest BCUT2D eigenvalue weighted by Crippen LogP contribution is 2.11. The van der Waals surface area contributed by atoms with Gasteiger partial charge in [-0.2, -0.15) is 0 Å². The number of nitrogens with one attached hydrogen (secondary N) is 2. The topological polar surface area (TPSA) is 83.6 Å². The Labute approximate surface area is 142 Å². The molecule has 2 amide bonds. The molecule has 2 heterocycles. The monoisotopic (exact) mass is 334 g/mol. The summed E-state index contributed by atoms with van der Waals surface area (Å²) in [5.41, 5.74) is 0.962. The first-order chi connectivity index (χ1) is 11.7. The van der Waals surface area contributed by atoms with Crippen LogP contribution in [0.25, 0.3) is 0 Å². The predicted molar refractivity (Wildman–Crippen MR) is 90.3 cm³/mol. The fourth-order valence-electron chi connectivity index (χ4n) is 2.64. The zero-order valence-electron chi connectivity index (χ0n) is 14.2. The smallest absolute Gasteiger partial charge is 0.409 e. The van der Waals surface area contributed by atoms with Crippen molar-refractivity contribution in [2.45, 2.75) is 38.8 Å². The molecule has 2 rings (SSSR count). The van der Waals surface area contributed by atoms with Gasteiger partial charge in [-0.1, -0.05) is 6.07 Å². The fraction of sp³-hybridized carbons (Fsp3) is 0.588. The molecule has 1 aromatic heterocycles. The van der Waals surface area contributed by atoms with Crippen molar-refractivity contribution in [2.24, 2.45) is 0 Å². The highest BCUT2D eigenvalue weighted by Gasteiger charge is 2.24. The fourth-order valence-corrected chi connectivity index (χ4v) is 2.64. The largest absolute Gasteiger partial charge is 0.450 e. The molecule has 0 atom stereocenters. The van der Waals surface area contributed by atoms with E-state index in [4.69, 9.17) is 4.74 Å². The molecule has 1 aromatic rings. The van der Waals surface area contributed by atoms with Gasteiger partial charge < -0.3 is 20.3 Å². The average molecular weight is 334 g/mol. The van der Waals surface area contributed by atoms with Crippen molar-refractivity contribution in [2.75, 3.05) is 26.2 Å². The summed E-state index contributed by atoms with van der Waals surface area (Å²) < 4.78 is 4.99. The van der Waals surface area contributed by atoms with Crippen LogP contribution < -0.4 is 10.6 Å². The molecule has 0 saturated carbocycles. The van der Waals surface area contributed by atoms with Gasteiger partial charge in [0.25, 0.3) is 0 Å². The molecule has 0 aromatic carbocycles. The van der Waals surface area contributed by atoms with E-state index in [0.717, 1.165) is 18.5 Å². The third-order valence-corrected chi connectivity index (χ3v) is 3.95. The lowest BCUT2D eigenvalue weighted by molar-refractivity contribution is -0.122. The highest BCUT2D eigenvalue weighted by atomic mass is 16.6. The van der Waals surface area contributed by atoms with Gasteiger partial charge >= 0.3 is 6.09 Å². The van der Waals surface area contributed by atoms with Crippen LogP contribution in [0.3, 0.4) is 0 Å². The van der Waals surface area contributed by atoms with E-state index in [2.05, 4.69) is 15.6 Å². The summed E-state index contributed by atoms with van der Waals surface area (Å²) in [5, 5.41) is 6.25. The molecule has 1 aliphatic heterocycles. The van der Waals surface area contributed by atoms with E-state index >= 15 is 0 Å². The van der Waals surface area contributed by atoms with Gasteiger partial charge in [0.15, 0.2) is 0 Å². The maximum atomic E-state index is 12.0. The molecule has 0 aliphatic carbocycles. The van der Waals surface area contributed by atoms with Crippen LogP contribution in [0.4, 0.5) is 4.79 Å². The average Bonchev–Trinajstić information content (AvgIpc) is 2.60. The van der Waals surface area contributed by atoms with E-state index in [0.29, 0.717) is 39.2 Å². The predicted octanol–water partition coefficient (Wildman–Crippen LogP) is 1.30. The third kappa shape index (κ3) is 6.16. The Kier molecular flexibility index (Phi) is 7.48. The summed E-state index contributed by atoms with van der Waals surface area (Å²) >= 11 is 0. The first kappa shape index (κ1) is 18.2. The van der Waals surface area contributed by atoms with E-state index in [-0.39, 0.29) is 18.0 Å². The SMILES string of the molecule is CCOC(=O)N1CCC(NC(=O)CCNCc2ccccn2)CC1. The first-order valence-corrected chi connectivity index (χ1v) is 8.50. The lowest BCUT2D eigenvalue weighted by Crippen LogP contribution is -2.47. The number of pyridine rings is 1. The Morgan fingerprint density at radius 1 is 1.33 bits per heavy atom. The zero-order chi connectivity index (χ0) is 17.2. The van der Waals surface area contributed by atoms with E-state index in [9.17, 15) is 9.59 Å². The maximum Gasteiger partial charge on any atom is 0.409 e. The normalized spacial score (nSPS) is 15.1. The number of rotatable bonds is 7. The van der Waals surface area contributed by atoms with Crippen molar-refractivity contribution in [3.63, 3.8) is 0 Å². The van der Waals surface area contributed by atoms with Gasteiger partial charge in [-0.15, -0.1) is 0 Å². The molecule has 1 fully saturated rings. The van der Waals surface area contributed by atoms with Crippen LogP contribution >= 0.6 is 0 Å². The van der Waals surface area contributed by atoms with Crippen LogP contribution in [-0.4, -0.2) is 54.2 Å². The molecular weight excluding hydrogens is 308 g/mol. The summed E-state index contributed by atoms with van der Waals surface area (Å²) in [6.45, 7) is 4.72. The molecule has 7 heteroatoms. The number of piperidine rings is 1. The van der Waals surface area contributed by atoms with Crippen LogP contribution in [0.5, 0.6) is 0 Å². The second kappa shape index (κ2) is 9.87. The second-order valence-corrected chi connectivity index (χ2v) is 5.78. The van der Waals surface area contributed by atoms with Gasteiger partial charge in [-0.05, 0) is 31.9 Å². The Morgan fingerprint density at radius 3 is 2.79 bits per heavy atom. The van der Waals surface area contributed by atoms with E-state index in [1.165, 1.54) is 0 Å². The molecule has 7 nitrogen and oxygen atoms in total. The van der Waals surface area contributed by atoms with Crippen LogP contribution in [0.2, 0.25) is 0 Å². The Morgan fingerprint density at radius 2 is 2.12 bits per heavy atom. The minimum Gasteiger partial charge on any atom is -0.450 e. The van der Waals surface area contributed by atoms with Crippen molar-refractivity contribution >= 4 is 12.0 Å². The van der Waals surface area contributed by atoms with Crippen molar-refractivity contribution in [1.29, 1.82) is 0 Å². The number of hydrogen-bond donors (Lipinski definition) is 2. The molecule has 2 N–H and O–H groups in total.